The number of rotatable bonds is 5. The number of nitrogens with one attached hydrogen (secondary N) is 1. The second kappa shape index (κ2) is 8.24. The van der Waals surface area contributed by atoms with Gasteiger partial charge in [-0.25, -0.2) is 0 Å². The Labute approximate surface area is 168 Å². The van der Waals surface area contributed by atoms with Gasteiger partial charge in [-0.05, 0) is 62.4 Å². The summed E-state index contributed by atoms with van der Waals surface area (Å²) in [6.07, 6.45) is 1.67. The SMILES string of the molecule is Cc1cccc(C)c1NC(=O)C1CCN(Cc2nc(-c3cccs3)no2)CC1. The Morgan fingerprint density at radius 2 is 1.96 bits per heavy atom. The van der Waals surface area contributed by atoms with Gasteiger partial charge in [0.25, 0.3) is 0 Å². The van der Waals surface area contributed by atoms with Crippen molar-refractivity contribution in [2.75, 3.05) is 18.4 Å². The Kier molecular flexibility index (Phi) is 5.54. The first-order valence-electron chi connectivity index (χ1n) is 9.56. The van der Waals surface area contributed by atoms with E-state index in [2.05, 4.69) is 20.4 Å². The van der Waals surface area contributed by atoms with E-state index in [1.807, 2.05) is 49.6 Å². The molecule has 1 fully saturated rings. The van der Waals surface area contributed by atoms with E-state index in [4.69, 9.17) is 4.52 Å². The average molecular weight is 397 g/mol. The number of piperidine rings is 1. The van der Waals surface area contributed by atoms with Crippen LogP contribution in [0, 0.1) is 19.8 Å². The predicted octanol–water partition coefficient (Wildman–Crippen LogP) is 4.27. The first-order valence-corrected chi connectivity index (χ1v) is 10.4. The van der Waals surface area contributed by atoms with Crippen molar-refractivity contribution in [2.45, 2.75) is 33.2 Å². The zero-order valence-corrected chi connectivity index (χ0v) is 17.0. The van der Waals surface area contributed by atoms with Crippen LogP contribution in [0.3, 0.4) is 0 Å². The average Bonchev–Trinajstić information content (AvgIpc) is 3.37. The van der Waals surface area contributed by atoms with Gasteiger partial charge in [-0.2, -0.15) is 4.98 Å². The molecule has 0 radical (unpaired) electrons. The van der Waals surface area contributed by atoms with Crippen molar-refractivity contribution in [1.82, 2.24) is 15.0 Å². The molecule has 146 valence electrons. The van der Waals surface area contributed by atoms with Crippen molar-refractivity contribution in [3.63, 3.8) is 0 Å². The molecule has 1 aliphatic rings. The Hall–Kier alpha value is -2.51. The fourth-order valence-electron chi connectivity index (χ4n) is 3.61. The third kappa shape index (κ3) is 4.15. The van der Waals surface area contributed by atoms with Crippen molar-refractivity contribution >= 4 is 22.9 Å². The van der Waals surface area contributed by atoms with Crippen molar-refractivity contribution in [2.24, 2.45) is 5.92 Å². The molecule has 0 atom stereocenters. The topological polar surface area (TPSA) is 71.3 Å². The number of hydrogen-bond acceptors (Lipinski definition) is 6. The molecule has 3 aromatic rings. The molecule has 6 nitrogen and oxygen atoms in total. The summed E-state index contributed by atoms with van der Waals surface area (Å²) in [5.74, 6) is 1.43. The molecule has 1 N–H and O–H groups in total. The van der Waals surface area contributed by atoms with Crippen LogP contribution in [0.4, 0.5) is 5.69 Å². The Bertz CT molecular complexity index is 923. The summed E-state index contributed by atoms with van der Waals surface area (Å²) in [7, 11) is 0. The number of aromatic nitrogens is 2. The summed E-state index contributed by atoms with van der Waals surface area (Å²) in [5.41, 5.74) is 3.15. The number of anilines is 1. The van der Waals surface area contributed by atoms with Gasteiger partial charge in [-0.3, -0.25) is 9.69 Å². The number of carbonyl (C=O) groups excluding carboxylic acids is 1. The minimum absolute atomic E-state index is 0.0413. The van der Waals surface area contributed by atoms with E-state index in [-0.39, 0.29) is 11.8 Å². The van der Waals surface area contributed by atoms with Crippen molar-refractivity contribution in [1.29, 1.82) is 0 Å². The van der Waals surface area contributed by atoms with Crippen LogP contribution >= 0.6 is 11.3 Å². The quantitative estimate of drug-likeness (QED) is 0.697. The van der Waals surface area contributed by atoms with Gasteiger partial charge in [-0.15, -0.1) is 11.3 Å². The molecule has 28 heavy (non-hydrogen) atoms. The number of para-hydroxylation sites is 1. The highest BCUT2D eigenvalue weighted by atomic mass is 32.1. The zero-order valence-electron chi connectivity index (χ0n) is 16.1. The van der Waals surface area contributed by atoms with Crippen molar-refractivity contribution in [3.8, 4) is 10.7 Å². The van der Waals surface area contributed by atoms with Gasteiger partial charge in [0.1, 0.15) is 0 Å². The second-order valence-electron chi connectivity index (χ2n) is 7.30. The molecular formula is C21H24N4O2S. The van der Waals surface area contributed by atoms with Gasteiger partial charge in [0.15, 0.2) is 0 Å². The first kappa shape index (κ1) is 18.8. The number of carbonyl (C=O) groups is 1. The number of likely N-dealkylation sites (tertiary alicyclic amines) is 1. The van der Waals surface area contributed by atoms with Gasteiger partial charge >= 0.3 is 0 Å². The van der Waals surface area contributed by atoms with Crippen LogP contribution in [0.1, 0.15) is 29.9 Å². The van der Waals surface area contributed by atoms with Crippen LogP contribution in [-0.2, 0) is 11.3 Å². The maximum Gasteiger partial charge on any atom is 0.241 e. The fraction of sp³-hybridized carbons (Fsp3) is 0.381. The Balaban J connectivity index is 1.30. The van der Waals surface area contributed by atoms with Gasteiger partial charge in [-0.1, -0.05) is 29.4 Å². The molecule has 2 aromatic heterocycles. The molecule has 1 aliphatic heterocycles. The molecule has 4 rings (SSSR count). The van der Waals surface area contributed by atoms with E-state index in [1.54, 1.807) is 11.3 Å². The molecule has 7 heteroatoms. The lowest BCUT2D eigenvalue weighted by Gasteiger charge is -2.30. The molecule has 0 saturated carbocycles. The molecule has 1 saturated heterocycles. The maximum absolute atomic E-state index is 12.7. The monoisotopic (exact) mass is 396 g/mol. The maximum atomic E-state index is 12.7. The van der Waals surface area contributed by atoms with Crippen LogP contribution in [0.15, 0.2) is 40.2 Å². The van der Waals surface area contributed by atoms with E-state index < -0.39 is 0 Å². The smallest absolute Gasteiger partial charge is 0.241 e. The van der Waals surface area contributed by atoms with Crippen LogP contribution in [0.5, 0.6) is 0 Å². The van der Waals surface area contributed by atoms with Crippen LogP contribution in [0.2, 0.25) is 0 Å². The summed E-state index contributed by atoms with van der Waals surface area (Å²) >= 11 is 1.60. The minimum atomic E-state index is 0.0413. The summed E-state index contributed by atoms with van der Waals surface area (Å²) in [4.78, 5) is 20.5. The largest absolute Gasteiger partial charge is 0.338 e. The lowest BCUT2D eigenvalue weighted by atomic mass is 9.95. The first-order chi connectivity index (χ1) is 13.6. The highest BCUT2D eigenvalue weighted by Gasteiger charge is 2.26. The third-order valence-corrected chi connectivity index (χ3v) is 6.12. The van der Waals surface area contributed by atoms with Crippen LogP contribution in [-0.4, -0.2) is 34.0 Å². The molecule has 0 bridgehead atoms. The highest BCUT2D eigenvalue weighted by molar-refractivity contribution is 7.13. The van der Waals surface area contributed by atoms with Gasteiger partial charge in [0.2, 0.25) is 17.6 Å². The molecule has 3 heterocycles. The van der Waals surface area contributed by atoms with E-state index in [0.29, 0.717) is 18.3 Å². The predicted molar refractivity (Wildman–Crippen MR) is 110 cm³/mol. The Morgan fingerprint density at radius 1 is 1.21 bits per heavy atom. The second-order valence-corrected chi connectivity index (χ2v) is 8.24. The van der Waals surface area contributed by atoms with Crippen molar-refractivity contribution in [3.05, 3.63) is 52.7 Å². The lowest BCUT2D eigenvalue weighted by molar-refractivity contribution is -0.121. The molecule has 1 amide bonds. The number of aryl methyl sites for hydroxylation is 2. The van der Waals surface area contributed by atoms with E-state index in [1.165, 1.54) is 0 Å². The molecular weight excluding hydrogens is 372 g/mol. The normalized spacial score (nSPS) is 15.6. The van der Waals surface area contributed by atoms with Crippen LogP contribution in [0.25, 0.3) is 10.7 Å². The molecule has 0 aliphatic carbocycles. The van der Waals surface area contributed by atoms with Gasteiger partial charge < -0.3 is 9.84 Å². The lowest BCUT2D eigenvalue weighted by Crippen LogP contribution is -2.38. The number of nitrogens with zero attached hydrogens (tertiary/aromatic N) is 3. The number of thiophene rings is 1. The summed E-state index contributed by atoms with van der Waals surface area (Å²) < 4.78 is 5.40. The third-order valence-electron chi connectivity index (χ3n) is 5.26. The molecule has 0 unspecified atom stereocenters. The fourth-order valence-corrected chi connectivity index (χ4v) is 4.26. The minimum Gasteiger partial charge on any atom is -0.338 e. The van der Waals surface area contributed by atoms with E-state index in [0.717, 1.165) is 47.6 Å². The summed E-state index contributed by atoms with van der Waals surface area (Å²) in [5, 5.41) is 9.20. The molecule has 0 spiro atoms. The Morgan fingerprint density at radius 3 is 2.64 bits per heavy atom. The number of benzene rings is 1. The number of amides is 1. The van der Waals surface area contributed by atoms with Gasteiger partial charge in [0.05, 0.1) is 11.4 Å². The standard InChI is InChI=1S/C21H24N4O2S/c1-14-5-3-6-15(2)19(14)23-21(26)16-8-10-25(11-9-16)13-18-22-20(24-27-18)17-7-4-12-28-17/h3-7,12,16H,8-11,13H2,1-2H3,(H,23,26). The van der Waals surface area contributed by atoms with Crippen LogP contribution < -0.4 is 5.32 Å². The zero-order chi connectivity index (χ0) is 19.5. The summed E-state index contributed by atoms with van der Waals surface area (Å²) in [6, 6.07) is 10.0. The number of hydrogen-bond donors (Lipinski definition) is 1. The molecule has 1 aromatic carbocycles. The van der Waals surface area contributed by atoms with E-state index >= 15 is 0 Å². The van der Waals surface area contributed by atoms with Gasteiger partial charge in [0, 0.05) is 11.6 Å². The van der Waals surface area contributed by atoms with Crippen molar-refractivity contribution < 1.29 is 9.32 Å². The highest BCUT2D eigenvalue weighted by Crippen LogP contribution is 2.25. The van der Waals surface area contributed by atoms with E-state index in [9.17, 15) is 4.79 Å². The summed E-state index contributed by atoms with van der Waals surface area (Å²) in [6.45, 7) is 6.38.